The van der Waals surface area contributed by atoms with Crippen LogP contribution < -0.4 is 10.6 Å². The Morgan fingerprint density at radius 1 is 1.56 bits per heavy atom. The van der Waals surface area contributed by atoms with Crippen LogP contribution in [0.3, 0.4) is 0 Å². The molecule has 0 saturated carbocycles. The van der Waals surface area contributed by atoms with Crippen molar-refractivity contribution in [3.05, 3.63) is 35.6 Å². The molecule has 1 unspecified atom stereocenters. The van der Waals surface area contributed by atoms with Gasteiger partial charge in [0.25, 0.3) is 5.91 Å². The van der Waals surface area contributed by atoms with E-state index in [0.717, 1.165) is 12.1 Å². The zero-order valence-electron chi connectivity index (χ0n) is 9.82. The lowest BCUT2D eigenvalue weighted by Gasteiger charge is -2.22. The molecule has 1 saturated heterocycles. The fraction of sp³-hybridized carbons (Fsp3) is 0.417. The Morgan fingerprint density at radius 2 is 2.39 bits per heavy atom. The number of benzene rings is 1. The maximum Gasteiger partial charge on any atom is 0.250 e. The monoisotopic (exact) mass is 274 g/mol. The molecule has 4 nitrogen and oxygen atoms in total. The molecule has 0 aromatic heterocycles. The van der Waals surface area contributed by atoms with Gasteiger partial charge in [-0.2, -0.15) is 0 Å². The second kappa shape index (κ2) is 7.31. The number of hydrogen-bond donors (Lipinski definition) is 2. The van der Waals surface area contributed by atoms with Crippen molar-refractivity contribution < 1.29 is 13.9 Å². The fourth-order valence-corrected chi connectivity index (χ4v) is 1.68. The zero-order chi connectivity index (χ0) is 12.1. The Labute approximate surface area is 111 Å². The lowest BCUT2D eigenvalue weighted by molar-refractivity contribution is -0.134. The van der Waals surface area contributed by atoms with Crippen LogP contribution in [-0.4, -0.2) is 31.7 Å². The molecular weight excluding hydrogens is 259 g/mol. The number of carbonyl (C=O) groups excluding carboxylic acids is 1. The van der Waals surface area contributed by atoms with Gasteiger partial charge in [-0.15, -0.1) is 12.4 Å². The number of carbonyl (C=O) groups is 1. The first-order valence-electron chi connectivity index (χ1n) is 5.60. The van der Waals surface area contributed by atoms with E-state index in [0.29, 0.717) is 19.7 Å². The third-order valence-electron chi connectivity index (χ3n) is 2.58. The predicted octanol–water partition coefficient (Wildman–Crippen LogP) is 0.852. The molecule has 0 bridgehead atoms. The normalized spacial score (nSPS) is 18.8. The third kappa shape index (κ3) is 4.25. The van der Waals surface area contributed by atoms with Crippen molar-refractivity contribution in [2.24, 2.45) is 0 Å². The molecule has 1 aliphatic heterocycles. The van der Waals surface area contributed by atoms with Crippen LogP contribution in [0, 0.1) is 5.82 Å². The van der Waals surface area contributed by atoms with Crippen LogP contribution in [0.25, 0.3) is 0 Å². The number of hydrogen-bond acceptors (Lipinski definition) is 3. The lowest BCUT2D eigenvalue weighted by atomic mass is 10.2. The fourth-order valence-electron chi connectivity index (χ4n) is 1.68. The van der Waals surface area contributed by atoms with Gasteiger partial charge in [-0.25, -0.2) is 4.39 Å². The van der Waals surface area contributed by atoms with Gasteiger partial charge in [0, 0.05) is 19.6 Å². The number of halogens is 2. The largest absolute Gasteiger partial charge is 0.366 e. The van der Waals surface area contributed by atoms with Crippen LogP contribution in [0.2, 0.25) is 0 Å². The van der Waals surface area contributed by atoms with Crippen molar-refractivity contribution in [2.75, 3.05) is 19.7 Å². The minimum atomic E-state index is -0.447. The Bertz CT molecular complexity index is 397. The Balaban J connectivity index is 0.00000162. The van der Waals surface area contributed by atoms with E-state index >= 15 is 0 Å². The number of ether oxygens (including phenoxy) is 1. The molecule has 1 aromatic rings. The average molecular weight is 275 g/mol. The summed E-state index contributed by atoms with van der Waals surface area (Å²) in [6.07, 6.45) is -0.447. The second-order valence-electron chi connectivity index (χ2n) is 3.91. The van der Waals surface area contributed by atoms with Crippen LogP contribution >= 0.6 is 12.4 Å². The number of rotatable bonds is 3. The van der Waals surface area contributed by atoms with Gasteiger partial charge in [0.2, 0.25) is 0 Å². The summed E-state index contributed by atoms with van der Waals surface area (Å²) in [5, 5.41) is 5.80. The molecule has 0 spiro atoms. The Morgan fingerprint density at radius 3 is 3.06 bits per heavy atom. The van der Waals surface area contributed by atoms with E-state index in [-0.39, 0.29) is 24.1 Å². The molecule has 1 fully saturated rings. The third-order valence-corrected chi connectivity index (χ3v) is 2.58. The minimum Gasteiger partial charge on any atom is -0.366 e. The highest BCUT2D eigenvalue weighted by atomic mass is 35.5. The van der Waals surface area contributed by atoms with Crippen LogP contribution in [0.5, 0.6) is 0 Å². The molecule has 100 valence electrons. The molecule has 18 heavy (non-hydrogen) atoms. The highest BCUT2D eigenvalue weighted by Crippen LogP contribution is 2.03. The summed E-state index contributed by atoms with van der Waals surface area (Å²) < 4.78 is 18.2. The molecule has 2 N–H and O–H groups in total. The van der Waals surface area contributed by atoms with Gasteiger partial charge in [0.1, 0.15) is 11.9 Å². The summed E-state index contributed by atoms with van der Waals surface area (Å²) in [7, 11) is 0. The molecule has 2 rings (SSSR count). The second-order valence-corrected chi connectivity index (χ2v) is 3.91. The van der Waals surface area contributed by atoms with Gasteiger partial charge in [-0.3, -0.25) is 4.79 Å². The van der Waals surface area contributed by atoms with Gasteiger partial charge < -0.3 is 15.4 Å². The first kappa shape index (κ1) is 14.9. The lowest BCUT2D eigenvalue weighted by Crippen LogP contribution is -2.47. The average Bonchev–Trinajstić information content (AvgIpc) is 2.37. The summed E-state index contributed by atoms with van der Waals surface area (Å²) >= 11 is 0. The van der Waals surface area contributed by atoms with Gasteiger partial charge in [-0.1, -0.05) is 12.1 Å². The van der Waals surface area contributed by atoms with Gasteiger partial charge in [0.05, 0.1) is 6.61 Å². The van der Waals surface area contributed by atoms with E-state index in [1.165, 1.54) is 12.1 Å². The van der Waals surface area contributed by atoms with Crippen LogP contribution in [-0.2, 0) is 16.1 Å². The van der Waals surface area contributed by atoms with Crippen molar-refractivity contribution in [3.8, 4) is 0 Å². The van der Waals surface area contributed by atoms with E-state index in [2.05, 4.69) is 10.6 Å². The predicted molar refractivity (Wildman–Crippen MR) is 68.1 cm³/mol. The van der Waals surface area contributed by atoms with E-state index in [4.69, 9.17) is 4.74 Å². The topological polar surface area (TPSA) is 50.4 Å². The molecule has 0 radical (unpaired) electrons. The summed E-state index contributed by atoms with van der Waals surface area (Å²) in [6.45, 7) is 2.15. The quantitative estimate of drug-likeness (QED) is 0.859. The molecule has 1 aliphatic rings. The van der Waals surface area contributed by atoms with Crippen molar-refractivity contribution in [2.45, 2.75) is 12.6 Å². The number of amides is 1. The molecule has 1 aromatic carbocycles. The van der Waals surface area contributed by atoms with Gasteiger partial charge in [-0.05, 0) is 17.7 Å². The van der Waals surface area contributed by atoms with Crippen molar-refractivity contribution in [1.82, 2.24) is 10.6 Å². The highest BCUT2D eigenvalue weighted by molar-refractivity contribution is 5.85. The molecular formula is C12H16ClFN2O2. The smallest absolute Gasteiger partial charge is 0.250 e. The summed E-state index contributed by atoms with van der Waals surface area (Å²) in [4.78, 5) is 11.7. The van der Waals surface area contributed by atoms with Gasteiger partial charge in [0.15, 0.2) is 0 Å². The maximum absolute atomic E-state index is 12.9. The van der Waals surface area contributed by atoms with Crippen molar-refractivity contribution in [1.29, 1.82) is 0 Å². The first-order valence-corrected chi connectivity index (χ1v) is 5.60. The minimum absolute atomic E-state index is 0. The summed E-state index contributed by atoms with van der Waals surface area (Å²) in [6, 6.07) is 6.17. The van der Waals surface area contributed by atoms with E-state index in [1.54, 1.807) is 12.1 Å². The number of nitrogens with one attached hydrogen (secondary N) is 2. The van der Waals surface area contributed by atoms with E-state index in [1.807, 2.05) is 0 Å². The van der Waals surface area contributed by atoms with Crippen molar-refractivity contribution in [3.63, 3.8) is 0 Å². The van der Waals surface area contributed by atoms with E-state index < -0.39 is 6.10 Å². The van der Waals surface area contributed by atoms with Crippen LogP contribution in [0.1, 0.15) is 5.56 Å². The zero-order valence-corrected chi connectivity index (χ0v) is 10.6. The Hall–Kier alpha value is -1.17. The van der Waals surface area contributed by atoms with Crippen LogP contribution in [0.4, 0.5) is 4.39 Å². The first-order chi connectivity index (χ1) is 8.25. The SMILES string of the molecule is Cl.O=C(NCc1cccc(F)c1)C1CNCCO1. The van der Waals surface area contributed by atoms with Crippen molar-refractivity contribution >= 4 is 18.3 Å². The van der Waals surface area contributed by atoms with Gasteiger partial charge >= 0.3 is 0 Å². The molecule has 0 aliphatic carbocycles. The number of morpholine rings is 1. The highest BCUT2D eigenvalue weighted by Gasteiger charge is 2.21. The van der Waals surface area contributed by atoms with E-state index in [9.17, 15) is 9.18 Å². The molecule has 1 atom stereocenters. The maximum atomic E-state index is 12.9. The molecule has 6 heteroatoms. The Kier molecular flexibility index (Phi) is 6.04. The summed E-state index contributed by atoms with van der Waals surface area (Å²) in [5.74, 6) is -0.464. The van der Waals surface area contributed by atoms with Crippen LogP contribution in [0.15, 0.2) is 24.3 Å². The summed E-state index contributed by atoms with van der Waals surface area (Å²) in [5.41, 5.74) is 0.738. The molecule has 1 amide bonds. The molecule has 1 heterocycles. The standard InChI is InChI=1S/C12H15FN2O2.ClH/c13-10-3-1-2-9(6-10)7-15-12(16)11-8-14-4-5-17-11;/h1-3,6,11,14H,4-5,7-8H2,(H,15,16);1H.